The van der Waals surface area contributed by atoms with Crippen molar-refractivity contribution in [2.45, 2.75) is 44.6 Å². The Balaban J connectivity index is 1.92. The number of hydrogen-bond acceptors (Lipinski definition) is 5. The Kier molecular flexibility index (Phi) is 4.95. The number of carbonyl (C=O) groups is 1. The van der Waals surface area contributed by atoms with Crippen LogP contribution in [0.1, 0.15) is 29.5 Å². The topological polar surface area (TPSA) is 79.4 Å². The van der Waals surface area contributed by atoms with E-state index in [0.717, 1.165) is 5.56 Å². The second-order valence-corrected chi connectivity index (χ2v) is 9.05. The number of benzene rings is 1. The third-order valence-electron chi connectivity index (χ3n) is 4.34. The zero-order chi connectivity index (χ0) is 18.2. The number of hydrogen-bond donors (Lipinski definition) is 1. The fourth-order valence-corrected chi connectivity index (χ4v) is 6.06. The maximum Gasteiger partial charge on any atom is 0.244 e. The fraction of sp³-hybridized carbons (Fsp3) is 0.412. The average molecular weight is 380 g/mol. The minimum atomic E-state index is -3.73. The molecule has 8 heteroatoms. The Morgan fingerprint density at radius 2 is 1.96 bits per heavy atom. The molecule has 1 aliphatic heterocycles. The second-order valence-electron chi connectivity index (χ2n) is 6.33. The Hall–Kier alpha value is -1.77. The maximum atomic E-state index is 13.2. The van der Waals surface area contributed by atoms with Crippen LogP contribution in [0.25, 0.3) is 0 Å². The van der Waals surface area contributed by atoms with Gasteiger partial charge in [0.15, 0.2) is 5.13 Å². The Labute approximate surface area is 151 Å². The van der Waals surface area contributed by atoms with Crippen LogP contribution in [0, 0.1) is 20.8 Å². The molecule has 1 unspecified atom stereocenters. The minimum Gasteiger partial charge on any atom is -0.301 e. The number of aryl methyl sites for hydroxylation is 3. The lowest BCUT2D eigenvalue weighted by Gasteiger charge is -2.25. The van der Waals surface area contributed by atoms with E-state index in [4.69, 9.17) is 0 Å². The summed E-state index contributed by atoms with van der Waals surface area (Å²) in [6, 6.07) is 3.02. The van der Waals surface area contributed by atoms with Gasteiger partial charge in [-0.1, -0.05) is 17.7 Å². The Bertz CT molecular complexity index is 869. The number of nitrogens with zero attached hydrogens (tertiary/aromatic N) is 2. The molecule has 1 aliphatic rings. The summed E-state index contributed by atoms with van der Waals surface area (Å²) in [6.07, 6.45) is 2.78. The van der Waals surface area contributed by atoms with E-state index in [1.165, 1.54) is 15.6 Å². The van der Waals surface area contributed by atoms with Crippen LogP contribution in [0.4, 0.5) is 5.13 Å². The molecule has 0 spiro atoms. The third-order valence-corrected chi connectivity index (χ3v) is 7.24. The minimum absolute atomic E-state index is 0.312. The van der Waals surface area contributed by atoms with E-state index in [2.05, 4.69) is 10.3 Å². The molecule has 1 amide bonds. The molecule has 134 valence electrons. The molecule has 1 fully saturated rings. The highest BCUT2D eigenvalue weighted by molar-refractivity contribution is 7.89. The summed E-state index contributed by atoms with van der Waals surface area (Å²) in [5, 5.41) is 4.96. The van der Waals surface area contributed by atoms with E-state index in [1.54, 1.807) is 25.4 Å². The van der Waals surface area contributed by atoms with Crippen molar-refractivity contribution in [2.24, 2.45) is 0 Å². The van der Waals surface area contributed by atoms with Crippen molar-refractivity contribution < 1.29 is 13.2 Å². The van der Waals surface area contributed by atoms with Gasteiger partial charge in [-0.3, -0.25) is 4.79 Å². The number of carbonyl (C=O) groups excluding carboxylic acids is 1. The predicted octanol–water partition coefficient (Wildman–Crippen LogP) is 2.86. The summed E-state index contributed by atoms with van der Waals surface area (Å²) < 4.78 is 27.8. The van der Waals surface area contributed by atoms with Crippen LogP contribution in [-0.4, -0.2) is 36.2 Å². The number of thiazole rings is 1. The maximum absolute atomic E-state index is 13.2. The molecule has 1 saturated heterocycles. The van der Waals surface area contributed by atoms with Crippen LogP contribution in [0.3, 0.4) is 0 Å². The van der Waals surface area contributed by atoms with Crippen LogP contribution < -0.4 is 5.32 Å². The van der Waals surface area contributed by atoms with Gasteiger partial charge in [0.1, 0.15) is 6.04 Å². The molecule has 6 nitrogen and oxygen atoms in total. The summed E-state index contributed by atoms with van der Waals surface area (Å²) in [5.41, 5.74) is 2.44. The molecule has 1 aromatic heterocycles. The summed E-state index contributed by atoms with van der Waals surface area (Å²) >= 11 is 1.31. The molecule has 0 radical (unpaired) electrons. The zero-order valence-electron chi connectivity index (χ0n) is 14.4. The number of amides is 1. The van der Waals surface area contributed by atoms with Crippen LogP contribution in [0.2, 0.25) is 0 Å². The first-order valence-electron chi connectivity index (χ1n) is 8.11. The smallest absolute Gasteiger partial charge is 0.244 e. The van der Waals surface area contributed by atoms with Gasteiger partial charge in [-0.15, -0.1) is 11.3 Å². The molecule has 25 heavy (non-hydrogen) atoms. The van der Waals surface area contributed by atoms with Crippen molar-refractivity contribution in [2.75, 3.05) is 11.9 Å². The lowest BCUT2D eigenvalue weighted by molar-refractivity contribution is -0.119. The number of sulfonamides is 1. The first-order valence-corrected chi connectivity index (χ1v) is 10.4. The van der Waals surface area contributed by atoms with Gasteiger partial charge in [0.05, 0.1) is 4.90 Å². The SMILES string of the molecule is Cc1cc(C)c(S(=O)(=O)N2CCCC2C(=O)Nc2nccs2)c(C)c1. The van der Waals surface area contributed by atoms with Crippen LogP contribution >= 0.6 is 11.3 Å². The Morgan fingerprint density at radius 3 is 2.56 bits per heavy atom. The van der Waals surface area contributed by atoms with E-state index < -0.39 is 16.1 Å². The lowest BCUT2D eigenvalue weighted by Crippen LogP contribution is -2.43. The van der Waals surface area contributed by atoms with E-state index in [0.29, 0.717) is 40.5 Å². The van der Waals surface area contributed by atoms with Crippen molar-refractivity contribution in [3.63, 3.8) is 0 Å². The van der Waals surface area contributed by atoms with Gasteiger partial charge in [-0.25, -0.2) is 13.4 Å². The Morgan fingerprint density at radius 1 is 1.28 bits per heavy atom. The van der Waals surface area contributed by atoms with Gasteiger partial charge in [0.25, 0.3) is 0 Å². The molecule has 1 N–H and O–H groups in total. The highest BCUT2D eigenvalue weighted by Crippen LogP contribution is 2.31. The molecule has 1 aromatic carbocycles. The molecule has 2 heterocycles. The summed E-state index contributed by atoms with van der Waals surface area (Å²) in [7, 11) is -3.73. The van der Waals surface area contributed by atoms with Crippen LogP contribution in [0.5, 0.6) is 0 Å². The summed E-state index contributed by atoms with van der Waals surface area (Å²) in [4.78, 5) is 16.9. The normalized spacial score (nSPS) is 18.4. The standard InChI is InChI=1S/C17H21N3O3S2/c1-11-9-12(2)15(13(3)10-11)25(22,23)20-7-4-5-14(20)16(21)19-17-18-6-8-24-17/h6,8-10,14H,4-5,7H2,1-3H3,(H,18,19,21). The molecule has 3 rings (SSSR count). The molecule has 1 atom stereocenters. The zero-order valence-corrected chi connectivity index (χ0v) is 16.1. The third kappa shape index (κ3) is 3.47. The summed E-state index contributed by atoms with van der Waals surface area (Å²) in [6.45, 7) is 5.89. The number of aromatic nitrogens is 1. The molecular weight excluding hydrogens is 358 g/mol. The number of rotatable bonds is 4. The highest BCUT2D eigenvalue weighted by atomic mass is 32.2. The second kappa shape index (κ2) is 6.86. The first-order chi connectivity index (χ1) is 11.8. The molecule has 0 saturated carbocycles. The van der Waals surface area contributed by atoms with E-state index >= 15 is 0 Å². The van der Waals surface area contributed by atoms with Gasteiger partial charge >= 0.3 is 0 Å². The number of anilines is 1. The largest absolute Gasteiger partial charge is 0.301 e. The molecule has 0 bridgehead atoms. The monoisotopic (exact) mass is 379 g/mol. The number of nitrogens with one attached hydrogen (secondary N) is 1. The van der Waals surface area contributed by atoms with Crippen LogP contribution in [-0.2, 0) is 14.8 Å². The van der Waals surface area contributed by atoms with Crippen LogP contribution in [0.15, 0.2) is 28.6 Å². The van der Waals surface area contributed by atoms with Crippen molar-refractivity contribution in [1.29, 1.82) is 0 Å². The van der Waals surface area contributed by atoms with Crippen molar-refractivity contribution in [1.82, 2.24) is 9.29 Å². The van der Waals surface area contributed by atoms with E-state index in [9.17, 15) is 13.2 Å². The lowest BCUT2D eigenvalue weighted by atomic mass is 10.1. The molecule has 0 aliphatic carbocycles. The average Bonchev–Trinajstić information content (AvgIpc) is 3.16. The fourth-order valence-electron chi connectivity index (χ4n) is 3.45. The predicted molar refractivity (Wildman–Crippen MR) is 98.3 cm³/mol. The quantitative estimate of drug-likeness (QED) is 0.886. The first kappa shape index (κ1) is 18.0. The van der Waals surface area contributed by atoms with Crippen molar-refractivity contribution in [3.05, 3.63) is 40.4 Å². The van der Waals surface area contributed by atoms with Crippen molar-refractivity contribution >= 4 is 32.4 Å². The van der Waals surface area contributed by atoms with E-state index in [-0.39, 0.29) is 5.91 Å². The van der Waals surface area contributed by atoms with Gasteiger partial charge < -0.3 is 5.32 Å². The molecule has 2 aromatic rings. The van der Waals surface area contributed by atoms with Gasteiger partial charge in [0, 0.05) is 18.1 Å². The van der Waals surface area contributed by atoms with Gasteiger partial charge in [0.2, 0.25) is 15.9 Å². The van der Waals surface area contributed by atoms with Gasteiger partial charge in [-0.05, 0) is 44.7 Å². The van der Waals surface area contributed by atoms with E-state index in [1.807, 2.05) is 19.1 Å². The van der Waals surface area contributed by atoms with Gasteiger partial charge in [-0.2, -0.15) is 4.31 Å². The van der Waals surface area contributed by atoms with Crippen molar-refractivity contribution in [3.8, 4) is 0 Å². The summed E-state index contributed by atoms with van der Waals surface area (Å²) in [5.74, 6) is -0.321. The molecular formula is C17H21N3O3S2. The highest BCUT2D eigenvalue weighted by Gasteiger charge is 2.40.